The SMILES string of the molecule is COc1cc(CO)ccc1Oc1nsnc1Cl. The van der Waals surface area contributed by atoms with E-state index in [9.17, 15) is 0 Å². The molecule has 7 heteroatoms. The summed E-state index contributed by atoms with van der Waals surface area (Å²) < 4.78 is 18.3. The molecule has 0 amide bonds. The summed E-state index contributed by atoms with van der Waals surface area (Å²) in [7, 11) is 1.52. The second-order valence-corrected chi connectivity index (χ2v) is 3.99. The lowest BCUT2D eigenvalue weighted by Crippen LogP contribution is -1.93. The van der Waals surface area contributed by atoms with E-state index >= 15 is 0 Å². The predicted octanol–water partition coefficient (Wildman–Crippen LogP) is 2.48. The van der Waals surface area contributed by atoms with Gasteiger partial charge in [-0.1, -0.05) is 17.7 Å². The largest absolute Gasteiger partial charge is 0.493 e. The molecule has 0 radical (unpaired) electrons. The Kier molecular flexibility index (Phi) is 3.78. The Labute approximate surface area is 107 Å². The van der Waals surface area contributed by atoms with Crippen molar-refractivity contribution >= 4 is 23.3 Å². The zero-order chi connectivity index (χ0) is 12.3. The van der Waals surface area contributed by atoms with Gasteiger partial charge in [0.05, 0.1) is 25.4 Å². The molecule has 5 nitrogen and oxygen atoms in total. The van der Waals surface area contributed by atoms with Gasteiger partial charge in [0.15, 0.2) is 11.5 Å². The summed E-state index contributed by atoms with van der Waals surface area (Å²) in [5.74, 6) is 1.21. The van der Waals surface area contributed by atoms with Crippen molar-refractivity contribution in [1.82, 2.24) is 8.75 Å². The van der Waals surface area contributed by atoms with E-state index in [-0.39, 0.29) is 17.6 Å². The van der Waals surface area contributed by atoms with Crippen LogP contribution in [0.1, 0.15) is 5.56 Å². The summed E-state index contributed by atoms with van der Waals surface area (Å²) in [5.41, 5.74) is 0.733. The van der Waals surface area contributed by atoms with Crippen molar-refractivity contribution in [2.45, 2.75) is 6.61 Å². The first-order chi connectivity index (χ1) is 8.24. The Morgan fingerprint density at radius 3 is 2.76 bits per heavy atom. The number of ether oxygens (including phenoxy) is 2. The second-order valence-electron chi connectivity index (χ2n) is 3.11. The number of benzene rings is 1. The lowest BCUT2D eigenvalue weighted by atomic mass is 10.2. The van der Waals surface area contributed by atoms with Gasteiger partial charge in [0.25, 0.3) is 5.88 Å². The lowest BCUT2D eigenvalue weighted by molar-refractivity contribution is 0.280. The molecule has 0 aliphatic carbocycles. The van der Waals surface area contributed by atoms with Gasteiger partial charge in [-0.15, -0.1) is 4.37 Å². The molecule has 0 aliphatic rings. The summed E-state index contributed by atoms with van der Waals surface area (Å²) in [6, 6.07) is 5.09. The fraction of sp³-hybridized carbons (Fsp3) is 0.200. The summed E-state index contributed by atoms with van der Waals surface area (Å²) in [4.78, 5) is 0. The van der Waals surface area contributed by atoms with Crippen LogP contribution in [0.5, 0.6) is 17.4 Å². The highest BCUT2D eigenvalue weighted by atomic mass is 35.5. The lowest BCUT2D eigenvalue weighted by Gasteiger charge is -2.09. The van der Waals surface area contributed by atoms with E-state index in [0.29, 0.717) is 11.5 Å². The number of halogens is 1. The van der Waals surface area contributed by atoms with Crippen molar-refractivity contribution in [2.24, 2.45) is 0 Å². The maximum atomic E-state index is 9.01. The molecule has 0 unspecified atom stereocenters. The number of hydrogen-bond donors (Lipinski definition) is 1. The Morgan fingerprint density at radius 2 is 2.18 bits per heavy atom. The Balaban J connectivity index is 2.29. The van der Waals surface area contributed by atoms with Crippen LogP contribution in [0.15, 0.2) is 18.2 Å². The minimum absolute atomic E-state index is 0.0599. The molecule has 1 aromatic carbocycles. The number of aliphatic hydroxyl groups is 1. The molecule has 0 fully saturated rings. The van der Waals surface area contributed by atoms with Gasteiger partial charge in [0.2, 0.25) is 5.15 Å². The summed E-state index contributed by atoms with van der Waals surface area (Å²) in [5, 5.41) is 9.22. The molecular weight excluding hydrogens is 264 g/mol. The molecule has 2 rings (SSSR count). The van der Waals surface area contributed by atoms with E-state index < -0.39 is 0 Å². The highest BCUT2D eigenvalue weighted by Crippen LogP contribution is 2.34. The molecular formula is C10H9ClN2O3S. The highest BCUT2D eigenvalue weighted by molar-refractivity contribution is 6.99. The van der Waals surface area contributed by atoms with E-state index in [0.717, 1.165) is 17.3 Å². The molecule has 0 saturated carbocycles. The van der Waals surface area contributed by atoms with E-state index in [1.165, 1.54) is 7.11 Å². The summed E-state index contributed by atoms with van der Waals surface area (Å²) >= 11 is 6.74. The van der Waals surface area contributed by atoms with Gasteiger partial charge in [-0.25, -0.2) is 0 Å². The Hall–Kier alpha value is -1.37. The maximum absolute atomic E-state index is 9.01. The zero-order valence-electron chi connectivity index (χ0n) is 8.88. The summed E-state index contributed by atoms with van der Waals surface area (Å²) in [6.07, 6.45) is 0. The normalized spacial score (nSPS) is 10.3. The number of nitrogens with zero attached hydrogens (tertiary/aromatic N) is 2. The van der Waals surface area contributed by atoms with Crippen LogP contribution in [0.3, 0.4) is 0 Å². The first kappa shape index (κ1) is 12.1. The fourth-order valence-electron chi connectivity index (χ4n) is 1.23. The van der Waals surface area contributed by atoms with Crippen molar-refractivity contribution in [3.05, 3.63) is 28.9 Å². The maximum Gasteiger partial charge on any atom is 0.271 e. The van der Waals surface area contributed by atoms with Crippen LogP contribution in [0.25, 0.3) is 0 Å². The fourth-order valence-corrected chi connectivity index (χ4v) is 1.84. The average Bonchev–Trinajstić information content (AvgIpc) is 2.75. The van der Waals surface area contributed by atoms with E-state index in [1.54, 1.807) is 18.2 Å². The van der Waals surface area contributed by atoms with Crippen LogP contribution in [-0.4, -0.2) is 21.0 Å². The van der Waals surface area contributed by atoms with Gasteiger partial charge in [0, 0.05) is 0 Å². The third-order valence-corrected chi connectivity index (χ3v) is 2.90. The quantitative estimate of drug-likeness (QED) is 0.926. The second kappa shape index (κ2) is 5.31. The van der Waals surface area contributed by atoms with E-state index in [2.05, 4.69) is 8.75 Å². The van der Waals surface area contributed by atoms with Crippen molar-refractivity contribution in [3.63, 3.8) is 0 Å². The first-order valence-corrected chi connectivity index (χ1v) is 5.79. The number of methoxy groups -OCH3 is 1. The van der Waals surface area contributed by atoms with Gasteiger partial charge in [-0.05, 0) is 17.7 Å². The van der Waals surface area contributed by atoms with Crippen molar-refractivity contribution < 1.29 is 14.6 Å². The first-order valence-electron chi connectivity index (χ1n) is 4.68. The molecule has 1 N–H and O–H groups in total. The number of aromatic nitrogens is 2. The number of aliphatic hydroxyl groups excluding tert-OH is 1. The molecule has 1 heterocycles. The molecule has 0 spiro atoms. The molecule has 0 bridgehead atoms. The minimum atomic E-state index is -0.0599. The molecule has 0 aliphatic heterocycles. The number of rotatable bonds is 4. The molecule has 2 aromatic rings. The van der Waals surface area contributed by atoms with Crippen LogP contribution in [0, 0.1) is 0 Å². The van der Waals surface area contributed by atoms with E-state index in [4.69, 9.17) is 26.2 Å². The van der Waals surface area contributed by atoms with Crippen LogP contribution < -0.4 is 9.47 Å². The van der Waals surface area contributed by atoms with Gasteiger partial charge in [0.1, 0.15) is 0 Å². The minimum Gasteiger partial charge on any atom is -0.493 e. The van der Waals surface area contributed by atoms with Crippen molar-refractivity contribution in [3.8, 4) is 17.4 Å². The molecule has 90 valence electrons. The predicted molar refractivity (Wildman–Crippen MR) is 63.9 cm³/mol. The van der Waals surface area contributed by atoms with Crippen LogP contribution >= 0.6 is 23.3 Å². The Morgan fingerprint density at radius 1 is 1.35 bits per heavy atom. The molecule has 0 saturated heterocycles. The van der Waals surface area contributed by atoms with Crippen molar-refractivity contribution in [2.75, 3.05) is 7.11 Å². The third kappa shape index (κ3) is 2.66. The molecule has 0 atom stereocenters. The van der Waals surface area contributed by atoms with Gasteiger partial charge in [-0.3, -0.25) is 0 Å². The smallest absolute Gasteiger partial charge is 0.271 e. The monoisotopic (exact) mass is 272 g/mol. The van der Waals surface area contributed by atoms with Crippen LogP contribution in [-0.2, 0) is 6.61 Å². The number of hydrogen-bond acceptors (Lipinski definition) is 6. The highest BCUT2D eigenvalue weighted by Gasteiger charge is 2.12. The average molecular weight is 273 g/mol. The van der Waals surface area contributed by atoms with Crippen LogP contribution in [0.2, 0.25) is 5.15 Å². The third-order valence-electron chi connectivity index (χ3n) is 2.04. The topological polar surface area (TPSA) is 64.5 Å². The Bertz CT molecular complexity index is 518. The van der Waals surface area contributed by atoms with Gasteiger partial charge < -0.3 is 14.6 Å². The van der Waals surface area contributed by atoms with E-state index in [1.807, 2.05) is 0 Å². The van der Waals surface area contributed by atoms with Crippen molar-refractivity contribution in [1.29, 1.82) is 0 Å². The molecule has 1 aromatic heterocycles. The summed E-state index contributed by atoms with van der Waals surface area (Å²) in [6.45, 7) is -0.0599. The van der Waals surface area contributed by atoms with Gasteiger partial charge in [-0.2, -0.15) is 4.37 Å². The van der Waals surface area contributed by atoms with Crippen LogP contribution in [0.4, 0.5) is 0 Å². The molecule has 17 heavy (non-hydrogen) atoms. The van der Waals surface area contributed by atoms with Gasteiger partial charge >= 0.3 is 0 Å². The standard InChI is InChI=1S/C10H9ClN2O3S/c1-15-8-4-6(5-14)2-3-7(8)16-10-9(11)12-17-13-10/h2-4,14H,5H2,1H3. The zero-order valence-corrected chi connectivity index (χ0v) is 10.5.